The number of nitrogens with zero attached hydrogens (tertiary/aromatic N) is 4. The smallest absolute Gasteiger partial charge is 0.253 e. The van der Waals surface area contributed by atoms with E-state index >= 15 is 0 Å². The Morgan fingerprint density at radius 3 is 2.61 bits per heavy atom. The Morgan fingerprint density at radius 1 is 1.26 bits per heavy atom. The second-order valence-corrected chi connectivity index (χ2v) is 10.2. The van der Waals surface area contributed by atoms with Crippen LogP contribution in [0.15, 0.2) is 41.6 Å². The van der Waals surface area contributed by atoms with Gasteiger partial charge in [-0.15, -0.1) is 0 Å². The predicted octanol–water partition coefficient (Wildman–Crippen LogP) is 2.14. The molecule has 0 N–H and O–H groups in total. The summed E-state index contributed by atoms with van der Waals surface area (Å²) in [7, 11) is -3.58. The van der Waals surface area contributed by atoms with Crippen molar-refractivity contribution in [3.8, 4) is 0 Å². The molecule has 2 aromatic rings. The molecule has 1 aromatic carbocycles. The van der Waals surface area contributed by atoms with Gasteiger partial charge in [-0.25, -0.2) is 13.4 Å². The highest BCUT2D eigenvalue weighted by Crippen LogP contribution is 2.41. The van der Waals surface area contributed by atoms with Gasteiger partial charge in [-0.1, -0.05) is 12.1 Å². The summed E-state index contributed by atoms with van der Waals surface area (Å²) in [5.74, 6) is 0.752. The van der Waals surface area contributed by atoms with E-state index in [2.05, 4.69) is 4.98 Å². The summed E-state index contributed by atoms with van der Waals surface area (Å²) >= 11 is 0. The summed E-state index contributed by atoms with van der Waals surface area (Å²) in [4.78, 5) is 19.6. The van der Waals surface area contributed by atoms with Crippen molar-refractivity contribution in [1.29, 1.82) is 0 Å². The molecule has 2 aliphatic rings. The largest absolute Gasteiger partial charge is 0.352 e. The van der Waals surface area contributed by atoms with Crippen LogP contribution in [0.2, 0.25) is 0 Å². The average Bonchev–Trinajstić information content (AvgIpc) is 3.25. The number of benzene rings is 1. The molecule has 4 rings (SSSR count). The fraction of sp³-hybridized carbons (Fsp3) is 0.545. The lowest BCUT2D eigenvalue weighted by Gasteiger charge is -2.45. The molecule has 9 heteroatoms. The number of amides is 1. The summed E-state index contributed by atoms with van der Waals surface area (Å²) in [5, 5.41) is 0. The molecule has 8 nitrogen and oxygen atoms in total. The molecular formula is C22H30N4O4S. The van der Waals surface area contributed by atoms with Gasteiger partial charge in [0, 0.05) is 38.6 Å². The van der Waals surface area contributed by atoms with Crippen LogP contribution in [-0.4, -0.2) is 65.4 Å². The van der Waals surface area contributed by atoms with Crippen molar-refractivity contribution >= 4 is 15.9 Å². The summed E-state index contributed by atoms with van der Waals surface area (Å²) < 4.78 is 36.2. The highest BCUT2D eigenvalue weighted by atomic mass is 32.2. The first-order valence-electron chi connectivity index (χ1n) is 10.9. The third kappa shape index (κ3) is 3.90. The lowest BCUT2D eigenvalue weighted by molar-refractivity contribution is -0.178. The zero-order valence-corrected chi connectivity index (χ0v) is 19.1. The number of likely N-dealkylation sites (N-methyl/N-ethyl adjacent to an activating group) is 1. The number of fused-ring (bicyclic) bond motifs is 2. The maximum absolute atomic E-state index is 13.1. The summed E-state index contributed by atoms with van der Waals surface area (Å²) in [6.45, 7) is 8.10. The lowest BCUT2D eigenvalue weighted by Crippen LogP contribution is -2.55. The monoisotopic (exact) mass is 446 g/mol. The summed E-state index contributed by atoms with van der Waals surface area (Å²) in [6.07, 6.45) is 3.91. The SMILES string of the molecule is CCN(CC)C(=O)C1Cn2ccnc2C2(CCN(S(=O)(=O)c3cccc(C)c3)CC2)O1. The van der Waals surface area contributed by atoms with Crippen LogP contribution in [0.25, 0.3) is 0 Å². The summed E-state index contributed by atoms with van der Waals surface area (Å²) in [5.41, 5.74) is 0.151. The van der Waals surface area contributed by atoms with Gasteiger partial charge in [-0.3, -0.25) is 4.79 Å². The van der Waals surface area contributed by atoms with Gasteiger partial charge in [0.2, 0.25) is 10.0 Å². The van der Waals surface area contributed by atoms with Gasteiger partial charge in [0.15, 0.2) is 6.10 Å². The lowest BCUT2D eigenvalue weighted by atomic mass is 9.89. The Morgan fingerprint density at radius 2 is 1.97 bits per heavy atom. The second kappa shape index (κ2) is 8.37. The number of ether oxygens (including phenoxy) is 1. The average molecular weight is 447 g/mol. The molecule has 0 bridgehead atoms. The van der Waals surface area contributed by atoms with Gasteiger partial charge in [-0.2, -0.15) is 4.31 Å². The maximum atomic E-state index is 13.1. The fourth-order valence-electron chi connectivity index (χ4n) is 4.62. The second-order valence-electron chi connectivity index (χ2n) is 8.24. The molecule has 1 amide bonds. The number of hydrogen-bond donors (Lipinski definition) is 0. The van der Waals surface area contributed by atoms with Crippen LogP contribution in [0.4, 0.5) is 0 Å². The Kier molecular flexibility index (Phi) is 5.93. The number of rotatable bonds is 5. The Hall–Kier alpha value is -2.23. The van der Waals surface area contributed by atoms with E-state index < -0.39 is 21.7 Å². The molecule has 1 atom stereocenters. The molecule has 0 saturated carbocycles. The first-order valence-corrected chi connectivity index (χ1v) is 12.3. The topological polar surface area (TPSA) is 84.7 Å². The Bertz CT molecular complexity index is 1050. The van der Waals surface area contributed by atoms with Crippen molar-refractivity contribution in [1.82, 2.24) is 18.8 Å². The minimum absolute atomic E-state index is 0.0291. The minimum atomic E-state index is -3.58. The van der Waals surface area contributed by atoms with Gasteiger partial charge < -0.3 is 14.2 Å². The quantitative estimate of drug-likeness (QED) is 0.703. The van der Waals surface area contributed by atoms with Crippen LogP contribution in [-0.2, 0) is 31.7 Å². The standard InChI is InChI=1S/C22H30N4O4S/c1-4-24(5-2)20(27)19-16-25-14-11-23-21(25)22(30-19)9-12-26(13-10-22)31(28,29)18-8-6-7-17(3)15-18/h6-8,11,14-15,19H,4-5,9-10,12-13,16H2,1-3H3. The summed E-state index contributed by atoms with van der Waals surface area (Å²) in [6, 6.07) is 6.97. The van der Waals surface area contributed by atoms with E-state index in [9.17, 15) is 13.2 Å². The highest BCUT2D eigenvalue weighted by Gasteiger charge is 2.49. The van der Waals surface area contributed by atoms with E-state index in [0.29, 0.717) is 50.5 Å². The molecule has 1 saturated heterocycles. The highest BCUT2D eigenvalue weighted by molar-refractivity contribution is 7.89. The van der Waals surface area contributed by atoms with Crippen molar-refractivity contribution in [3.05, 3.63) is 48.0 Å². The minimum Gasteiger partial charge on any atom is -0.352 e. The van der Waals surface area contributed by atoms with Crippen molar-refractivity contribution in [2.24, 2.45) is 0 Å². The normalized spacial score (nSPS) is 21.1. The number of carbonyl (C=O) groups is 1. The van der Waals surface area contributed by atoms with Crippen LogP contribution >= 0.6 is 0 Å². The first-order chi connectivity index (χ1) is 14.8. The Labute approximate surface area is 183 Å². The van der Waals surface area contributed by atoms with Crippen LogP contribution < -0.4 is 0 Å². The van der Waals surface area contributed by atoms with E-state index in [1.165, 1.54) is 4.31 Å². The van der Waals surface area contributed by atoms with E-state index in [-0.39, 0.29) is 5.91 Å². The Balaban J connectivity index is 1.57. The number of sulfonamides is 1. The van der Waals surface area contributed by atoms with E-state index in [0.717, 1.165) is 11.4 Å². The number of carbonyl (C=O) groups excluding carboxylic acids is 1. The van der Waals surface area contributed by atoms with Crippen molar-refractivity contribution in [2.75, 3.05) is 26.2 Å². The van der Waals surface area contributed by atoms with E-state index in [1.807, 2.05) is 37.6 Å². The van der Waals surface area contributed by atoms with E-state index in [1.54, 1.807) is 29.3 Å². The predicted molar refractivity (Wildman–Crippen MR) is 116 cm³/mol. The molecule has 31 heavy (non-hydrogen) atoms. The molecular weight excluding hydrogens is 416 g/mol. The van der Waals surface area contributed by atoms with Gasteiger partial charge in [0.25, 0.3) is 5.91 Å². The molecule has 0 radical (unpaired) electrons. The number of piperidine rings is 1. The third-order valence-corrected chi connectivity index (χ3v) is 8.26. The van der Waals surface area contributed by atoms with E-state index in [4.69, 9.17) is 4.74 Å². The van der Waals surface area contributed by atoms with Gasteiger partial charge >= 0.3 is 0 Å². The molecule has 168 valence electrons. The molecule has 3 heterocycles. The number of aryl methyl sites for hydroxylation is 1. The molecule has 1 aromatic heterocycles. The number of hydrogen-bond acceptors (Lipinski definition) is 5. The zero-order chi connectivity index (χ0) is 22.2. The number of imidazole rings is 1. The van der Waals surface area contributed by atoms with Crippen LogP contribution in [0.5, 0.6) is 0 Å². The fourth-order valence-corrected chi connectivity index (χ4v) is 6.17. The van der Waals surface area contributed by atoms with Crippen molar-refractivity contribution in [3.63, 3.8) is 0 Å². The van der Waals surface area contributed by atoms with Gasteiger partial charge in [-0.05, 0) is 51.3 Å². The third-order valence-electron chi connectivity index (χ3n) is 6.36. The van der Waals surface area contributed by atoms with Crippen molar-refractivity contribution in [2.45, 2.75) is 56.8 Å². The zero-order valence-electron chi connectivity index (χ0n) is 18.3. The maximum Gasteiger partial charge on any atom is 0.253 e. The molecule has 0 aliphatic carbocycles. The molecule has 2 aliphatic heterocycles. The van der Waals surface area contributed by atoms with Crippen molar-refractivity contribution < 1.29 is 17.9 Å². The van der Waals surface area contributed by atoms with Crippen LogP contribution in [0.1, 0.15) is 38.1 Å². The van der Waals surface area contributed by atoms with Crippen LogP contribution in [0, 0.1) is 6.92 Å². The molecule has 1 fully saturated rings. The first kappa shape index (κ1) is 22.0. The molecule has 1 unspecified atom stereocenters. The van der Waals surface area contributed by atoms with Gasteiger partial charge in [0.1, 0.15) is 11.4 Å². The molecule has 1 spiro atoms. The number of aromatic nitrogens is 2. The van der Waals surface area contributed by atoms with Gasteiger partial charge in [0.05, 0.1) is 11.4 Å². The van der Waals surface area contributed by atoms with Crippen LogP contribution in [0.3, 0.4) is 0 Å².